The van der Waals surface area contributed by atoms with Gasteiger partial charge < -0.3 is 5.32 Å². The minimum Gasteiger partial charge on any atom is -0.325 e. The van der Waals surface area contributed by atoms with Crippen LogP contribution in [0.25, 0.3) is 0 Å². The molecule has 0 aliphatic rings. The number of anilines is 1. The Labute approximate surface area is 133 Å². The van der Waals surface area contributed by atoms with Crippen LogP contribution in [0.3, 0.4) is 0 Å². The number of carbonyl (C=O) groups is 1. The molecular weight excluding hydrogens is 323 g/mol. The summed E-state index contributed by atoms with van der Waals surface area (Å²) in [5.74, 6) is -0.949. The SMILES string of the molecule is Cc1n[nH]c(C)c1S(=O)(=O)N(C)CC(=O)Nc1ccc(F)cc1. The number of halogens is 1. The molecule has 0 saturated carbocycles. The fourth-order valence-corrected chi connectivity index (χ4v) is 3.55. The monoisotopic (exact) mass is 340 g/mol. The Balaban J connectivity index is 2.10. The Hall–Kier alpha value is -2.26. The van der Waals surface area contributed by atoms with Gasteiger partial charge in [0.15, 0.2) is 0 Å². The van der Waals surface area contributed by atoms with Crippen molar-refractivity contribution in [2.24, 2.45) is 0 Å². The standard InChI is InChI=1S/C14H17FN4O3S/c1-9-14(10(2)18-17-9)23(21,22)19(3)8-13(20)16-12-6-4-11(15)5-7-12/h4-7H,8H2,1-3H3,(H,16,20)(H,17,18). The molecule has 0 unspecified atom stereocenters. The Morgan fingerprint density at radius 2 is 1.91 bits per heavy atom. The second kappa shape index (κ2) is 6.47. The van der Waals surface area contributed by atoms with Gasteiger partial charge in [0.2, 0.25) is 15.9 Å². The molecule has 0 saturated heterocycles. The van der Waals surface area contributed by atoms with Gasteiger partial charge in [-0.1, -0.05) is 0 Å². The third-order valence-corrected chi connectivity index (χ3v) is 5.29. The summed E-state index contributed by atoms with van der Waals surface area (Å²) in [6.45, 7) is 2.80. The topological polar surface area (TPSA) is 95.2 Å². The van der Waals surface area contributed by atoms with E-state index in [0.717, 1.165) is 4.31 Å². The van der Waals surface area contributed by atoms with Gasteiger partial charge in [-0.3, -0.25) is 9.89 Å². The third-order valence-electron chi connectivity index (χ3n) is 3.22. The summed E-state index contributed by atoms with van der Waals surface area (Å²) in [5, 5.41) is 8.97. The van der Waals surface area contributed by atoms with Crippen LogP contribution in [0.15, 0.2) is 29.2 Å². The molecule has 0 bridgehead atoms. The molecular formula is C14H17FN4O3S. The van der Waals surface area contributed by atoms with Gasteiger partial charge in [0, 0.05) is 12.7 Å². The largest absolute Gasteiger partial charge is 0.325 e. The van der Waals surface area contributed by atoms with E-state index in [0.29, 0.717) is 17.1 Å². The summed E-state index contributed by atoms with van der Waals surface area (Å²) in [5.41, 5.74) is 1.14. The number of sulfonamides is 1. The van der Waals surface area contributed by atoms with Crippen molar-refractivity contribution in [1.82, 2.24) is 14.5 Å². The number of aryl methyl sites for hydroxylation is 2. The highest BCUT2D eigenvalue weighted by Gasteiger charge is 2.28. The fourth-order valence-electron chi connectivity index (χ4n) is 2.10. The number of nitrogens with one attached hydrogen (secondary N) is 2. The van der Waals surface area contributed by atoms with Crippen molar-refractivity contribution in [3.8, 4) is 0 Å². The molecule has 1 aromatic carbocycles. The molecule has 0 spiro atoms. The molecule has 23 heavy (non-hydrogen) atoms. The maximum absolute atomic E-state index is 12.8. The second-order valence-electron chi connectivity index (χ2n) is 5.08. The summed E-state index contributed by atoms with van der Waals surface area (Å²) in [4.78, 5) is 12.0. The number of H-pyrrole nitrogens is 1. The average Bonchev–Trinajstić information content (AvgIpc) is 2.81. The Morgan fingerprint density at radius 3 is 2.43 bits per heavy atom. The molecule has 0 radical (unpaired) electrons. The average molecular weight is 340 g/mol. The number of amides is 1. The van der Waals surface area contributed by atoms with Gasteiger partial charge in [0.25, 0.3) is 0 Å². The Morgan fingerprint density at radius 1 is 1.30 bits per heavy atom. The summed E-state index contributed by atoms with van der Waals surface area (Å²) in [6, 6.07) is 5.20. The van der Waals surface area contributed by atoms with Gasteiger partial charge in [-0.2, -0.15) is 9.40 Å². The van der Waals surface area contributed by atoms with E-state index < -0.39 is 21.7 Å². The first-order valence-electron chi connectivity index (χ1n) is 6.75. The van der Waals surface area contributed by atoms with Gasteiger partial charge in [0.05, 0.1) is 17.9 Å². The van der Waals surface area contributed by atoms with Crippen molar-refractivity contribution < 1.29 is 17.6 Å². The molecule has 1 amide bonds. The molecule has 2 aromatic rings. The van der Waals surface area contributed by atoms with E-state index in [4.69, 9.17) is 0 Å². The van der Waals surface area contributed by atoms with Crippen molar-refractivity contribution in [3.05, 3.63) is 41.5 Å². The molecule has 1 heterocycles. The van der Waals surface area contributed by atoms with Gasteiger partial charge in [-0.25, -0.2) is 12.8 Å². The number of hydrogen-bond acceptors (Lipinski definition) is 4. The van der Waals surface area contributed by atoms with Crippen molar-refractivity contribution in [3.63, 3.8) is 0 Å². The van der Waals surface area contributed by atoms with E-state index >= 15 is 0 Å². The van der Waals surface area contributed by atoms with Crippen molar-refractivity contribution >= 4 is 21.6 Å². The van der Waals surface area contributed by atoms with Crippen LogP contribution < -0.4 is 5.32 Å². The highest BCUT2D eigenvalue weighted by atomic mass is 32.2. The minimum absolute atomic E-state index is 0.0644. The summed E-state index contributed by atoms with van der Waals surface area (Å²) < 4.78 is 38.8. The van der Waals surface area contributed by atoms with E-state index in [1.54, 1.807) is 13.8 Å². The molecule has 9 heteroatoms. The molecule has 2 rings (SSSR count). The van der Waals surface area contributed by atoms with Crippen molar-refractivity contribution in [2.45, 2.75) is 18.7 Å². The Kier molecular flexibility index (Phi) is 4.81. The van der Waals surface area contributed by atoms with Crippen LogP contribution in [0, 0.1) is 19.7 Å². The number of likely N-dealkylation sites (N-methyl/N-ethyl adjacent to an activating group) is 1. The maximum atomic E-state index is 12.8. The number of aromatic amines is 1. The van der Waals surface area contributed by atoms with Crippen LogP contribution in [-0.2, 0) is 14.8 Å². The number of aromatic nitrogens is 2. The smallest absolute Gasteiger partial charge is 0.246 e. The van der Waals surface area contributed by atoms with Crippen LogP contribution in [0.5, 0.6) is 0 Å². The van der Waals surface area contributed by atoms with E-state index in [1.165, 1.54) is 31.3 Å². The van der Waals surface area contributed by atoms with Crippen molar-refractivity contribution in [2.75, 3.05) is 18.9 Å². The zero-order valence-corrected chi connectivity index (χ0v) is 13.7. The van der Waals surface area contributed by atoms with Gasteiger partial charge in [0.1, 0.15) is 10.7 Å². The lowest BCUT2D eigenvalue weighted by molar-refractivity contribution is -0.116. The minimum atomic E-state index is -3.83. The second-order valence-corrected chi connectivity index (χ2v) is 7.06. The van der Waals surface area contributed by atoms with Crippen molar-refractivity contribution in [1.29, 1.82) is 0 Å². The molecule has 0 atom stereocenters. The van der Waals surface area contributed by atoms with E-state index in [2.05, 4.69) is 15.5 Å². The summed E-state index contributed by atoms with van der Waals surface area (Å²) >= 11 is 0. The van der Waals surface area contributed by atoms with E-state index in [1.807, 2.05) is 0 Å². The highest BCUT2D eigenvalue weighted by molar-refractivity contribution is 7.89. The predicted molar refractivity (Wildman–Crippen MR) is 82.9 cm³/mol. The number of carbonyl (C=O) groups excluding carboxylic acids is 1. The predicted octanol–water partition coefficient (Wildman–Crippen LogP) is 1.42. The molecule has 1 aromatic heterocycles. The molecule has 0 fully saturated rings. The van der Waals surface area contributed by atoms with Crippen LogP contribution in [0.1, 0.15) is 11.4 Å². The molecule has 2 N–H and O–H groups in total. The Bertz CT molecular complexity index is 796. The summed E-state index contributed by atoms with van der Waals surface area (Å²) in [7, 11) is -2.52. The molecule has 124 valence electrons. The van der Waals surface area contributed by atoms with Gasteiger partial charge >= 0.3 is 0 Å². The van der Waals surface area contributed by atoms with Crippen LogP contribution in [-0.4, -0.2) is 42.4 Å². The fraction of sp³-hybridized carbons (Fsp3) is 0.286. The normalized spacial score (nSPS) is 11.7. The molecule has 0 aliphatic heterocycles. The first-order chi connectivity index (χ1) is 10.7. The zero-order valence-electron chi connectivity index (χ0n) is 12.9. The van der Waals surface area contributed by atoms with Gasteiger partial charge in [-0.05, 0) is 38.1 Å². The lowest BCUT2D eigenvalue weighted by Gasteiger charge is -2.17. The van der Waals surface area contributed by atoms with Crippen LogP contribution >= 0.6 is 0 Å². The molecule has 7 nitrogen and oxygen atoms in total. The third kappa shape index (κ3) is 3.74. The number of rotatable bonds is 5. The quantitative estimate of drug-likeness (QED) is 0.861. The van der Waals surface area contributed by atoms with E-state index in [9.17, 15) is 17.6 Å². The lowest BCUT2D eigenvalue weighted by atomic mass is 10.3. The highest BCUT2D eigenvalue weighted by Crippen LogP contribution is 2.20. The molecule has 0 aliphatic carbocycles. The number of benzene rings is 1. The maximum Gasteiger partial charge on any atom is 0.246 e. The number of hydrogen-bond donors (Lipinski definition) is 2. The van der Waals surface area contributed by atoms with Crippen LogP contribution in [0.4, 0.5) is 10.1 Å². The first kappa shape index (κ1) is 17.1. The van der Waals surface area contributed by atoms with Gasteiger partial charge in [-0.15, -0.1) is 0 Å². The zero-order chi connectivity index (χ0) is 17.2. The van der Waals surface area contributed by atoms with E-state index in [-0.39, 0.29) is 11.4 Å². The first-order valence-corrected chi connectivity index (χ1v) is 8.19. The lowest BCUT2D eigenvalue weighted by Crippen LogP contribution is -2.35. The number of nitrogens with zero attached hydrogens (tertiary/aromatic N) is 2. The van der Waals surface area contributed by atoms with Crippen LogP contribution in [0.2, 0.25) is 0 Å². The summed E-state index contributed by atoms with van der Waals surface area (Å²) in [6.07, 6.45) is 0.